The molecule has 0 amide bonds. The number of rotatable bonds is 3. The van der Waals surface area contributed by atoms with Gasteiger partial charge in [0.05, 0.1) is 10.8 Å². The summed E-state index contributed by atoms with van der Waals surface area (Å²) in [5.41, 5.74) is 0.364. The highest BCUT2D eigenvalue weighted by Gasteiger charge is 2.30. The fourth-order valence-corrected chi connectivity index (χ4v) is 2.51. The third-order valence-corrected chi connectivity index (χ3v) is 3.63. The van der Waals surface area contributed by atoms with Crippen LogP contribution in [0.1, 0.15) is 25.2 Å². The maximum absolute atomic E-state index is 11.0. The van der Waals surface area contributed by atoms with Crippen molar-refractivity contribution in [2.24, 2.45) is 0 Å². The van der Waals surface area contributed by atoms with Crippen LogP contribution in [0.15, 0.2) is 28.8 Å². The maximum Gasteiger partial charge on any atom is 0.280 e. The minimum Gasteiger partial charge on any atom is -0.339 e. The Morgan fingerprint density at radius 1 is 1.45 bits per heavy atom. The van der Waals surface area contributed by atoms with Crippen molar-refractivity contribution < 1.29 is 9.45 Å². The number of nitrogens with zero attached hydrogens (tertiary/aromatic N) is 3. The molecule has 1 saturated heterocycles. The number of aromatic nitrogens is 2. The first kappa shape index (κ1) is 12.7. The molecule has 0 spiro atoms. The molecule has 2 heterocycles. The van der Waals surface area contributed by atoms with E-state index in [9.17, 15) is 10.1 Å². The molecule has 20 heavy (non-hydrogen) atoms. The average Bonchev–Trinajstić information content (AvgIpc) is 3.07. The predicted octanol–water partition coefficient (Wildman–Crippen LogP) is 2.11. The lowest BCUT2D eigenvalue weighted by Crippen LogP contribution is -2.21. The highest BCUT2D eigenvalue weighted by atomic mass is 16.6. The summed E-state index contributed by atoms with van der Waals surface area (Å²) in [6.45, 7) is 2.97. The first-order chi connectivity index (χ1) is 9.66. The molecule has 1 fully saturated rings. The van der Waals surface area contributed by atoms with Crippen LogP contribution in [0.3, 0.4) is 0 Å². The van der Waals surface area contributed by atoms with Crippen molar-refractivity contribution in [3.63, 3.8) is 0 Å². The zero-order valence-corrected chi connectivity index (χ0v) is 10.9. The van der Waals surface area contributed by atoms with Crippen LogP contribution in [0, 0.1) is 10.1 Å². The van der Waals surface area contributed by atoms with Crippen LogP contribution in [0.5, 0.6) is 0 Å². The zero-order chi connectivity index (χ0) is 14.1. The van der Waals surface area contributed by atoms with Crippen molar-refractivity contribution in [1.29, 1.82) is 0 Å². The van der Waals surface area contributed by atoms with Crippen LogP contribution in [-0.4, -0.2) is 27.7 Å². The molecule has 0 saturated carbocycles. The van der Waals surface area contributed by atoms with E-state index in [0.29, 0.717) is 11.5 Å². The third kappa shape index (κ3) is 2.16. The van der Waals surface area contributed by atoms with E-state index in [1.807, 2.05) is 0 Å². The molecule has 7 heteroatoms. The number of nitrogens with one attached hydrogen (secondary N) is 1. The summed E-state index contributed by atoms with van der Waals surface area (Å²) in [6, 6.07) is 6.67. The number of hydrogen-bond donors (Lipinski definition) is 1. The highest BCUT2D eigenvalue weighted by Crippen LogP contribution is 2.31. The van der Waals surface area contributed by atoms with Gasteiger partial charge in [0.25, 0.3) is 5.69 Å². The van der Waals surface area contributed by atoms with Gasteiger partial charge < -0.3 is 9.84 Å². The van der Waals surface area contributed by atoms with Gasteiger partial charge in [-0.25, -0.2) is 0 Å². The molecular formula is C13H14N4O3. The van der Waals surface area contributed by atoms with E-state index in [1.165, 1.54) is 6.07 Å². The second-order valence-electron chi connectivity index (χ2n) is 4.87. The molecule has 0 radical (unpaired) electrons. The zero-order valence-electron chi connectivity index (χ0n) is 10.9. The van der Waals surface area contributed by atoms with Crippen molar-refractivity contribution >= 4 is 5.69 Å². The van der Waals surface area contributed by atoms with Gasteiger partial charge in [-0.05, 0) is 26.0 Å². The minimum absolute atomic E-state index is 0.0163. The topological polar surface area (TPSA) is 94.1 Å². The van der Waals surface area contributed by atoms with Crippen LogP contribution in [-0.2, 0) is 0 Å². The Labute approximate surface area is 115 Å². The van der Waals surface area contributed by atoms with Gasteiger partial charge in [-0.15, -0.1) is 0 Å². The fraction of sp³-hybridized carbons (Fsp3) is 0.385. The molecule has 2 aromatic rings. The van der Waals surface area contributed by atoms with E-state index >= 15 is 0 Å². The van der Waals surface area contributed by atoms with Crippen LogP contribution < -0.4 is 5.32 Å². The Bertz CT molecular complexity index is 640. The second kappa shape index (κ2) is 5.01. The van der Waals surface area contributed by atoms with Crippen LogP contribution in [0.25, 0.3) is 11.4 Å². The van der Waals surface area contributed by atoms with Crippen LogP contribution >= 0.6 is 0 Å². The van der Waals surface area contributed by atoms with E-state index in [2.05, 4.69) is 22.4 Å². The van der Waals surface area contributed by atoms with E-state index in [1.54, 1.807) is 18.2 Å². The van der Waals surface area contributed by atoms with Gasteiger partial charge in [-0.2, -0.15) is 4.98 Å². The smallest absolute Gasteiger partial charge is 0.280 e. The number of benzene rings is 1. The Morgan fingerprint density at radius 3 is 2.95 bits per heavy atom. The van der Waals surface area contributed by atoms with Crippen molar-refractivity contribution in [2.45, 2.75) is 25.3 Å². The second-order valence-corrected chi connectivity index (χ2v) is 4.87. The van der Waals surface area contributed by atoms with Crippen LogP contribution in [0.2, 0.25) is 0 Å². The lowest BCUT2D eigenvalue weighted by molar-refractivity contribution is -0.384. The Hall–Kier alpha value is -2.28. The molecule has 1 aromatic heterocycles. The third-order valence-electron chi connectivity index (χ3n) is 3.63. The summed E-state index contributed by atoms with van der Waals surface area (Å²) in [6.07, 6.45) is 0.930. The first-order valence-electron chi connectivity index (χ1n) is 6.47. The first-order valence-corrected chi connectivity index (χ1v) is 6.47. The lowest BCUT2D eigenvalue weighted by atomic mass is 10.0. The van der Waals surface area contributed by atoms with E-state index in [0.717, 1.165) is 13.0 Å². The summed E-state index contributed by atoms with van der Waals surface area (Å²) in [4.78, 5) is 14.9. The number of nitro benzene ring substituents is 1. The van der Waals surface area contributed by atoms with Crippen molar-refractivity contribution in [2.75, 3.05) is 6.54 Å². The fourth-order valence-electron chi connectivity index (χ4n) is 2.51. The van der Waals surface area contributed by atoms with Gasteiger partial charge in [0, 0.05) is 12.1 Å². The Morgan fingerprint density at radius 2 is 2.25 bits per heavy atom. The van der Waals surface area contributed by atoms with Crippen molar-refractivity contribution in [1.82, 2.24) is 15.5 Å². The van der Waals surface area contributed by atoms with Gasteiger partial charge in [-0.1, -0.05) is 17.3 Å². The predicted molar refractivity (Wildman–Crippen MR) is 71.2 cm³/mol. The summed E-state index contributed by atoms with van der Waals surface area (Å²) in [5, 5.41) is 18.2. The lowest BCUT2D eigenvalue weighted by Gasteiger charge is -2.08. The SMILES string of the molecule is CC1NCCC1c1nc(-c2ccccc2[N+](=O)[O-])no1. The molecule has 1 N–H and O–H groups in total. The largest absolute Gasteiger partial charge is 0.339 e. The molecule has 0 aliphatic carbocycles. The molecule has 0 bridgehead atoms. The highest BCUT2D eigenvalue weighted by molar-refractivity contribution is 5.67. The molecule has 2 atom stereocenters. The number of nitro groups is 1. The van der Waals surface area contributed by atoms with Gasteiger partial charge >= 0.3 is 0 Å². The van der Waals surface area contributed by atoms with Gasteiger partial charge in [0.1, 0.15) is 5.56 Å². The molecule has 1 aliphatic rings. The van der Waals surface area contributed by atoms with Crippen LogP contribution in [0.4, 0.5) is 5.69 Å². The molecule has 2 unspecified atom stereocenters. The number of para-hydroxylation sites is 1. The summed E-state index contributed by atoms with van der Waals surface area (Å²) in [5.74, 6) is 0.973. The summed E-state index contributed by atoms with van der Waals surface area (Å²) < 4.78 is 5.28. The quantitative estimate of drug-likeness (QED) is 0.680. The van der Waals surface area contributed by atoms with Crippen molar-refractivity contribution in [3.05, 3.63) is 40.3 Å². The summed E-state index contributed by atoms with van der Waals surface area (Å²) in [7, 11) is 0. The molecule has 1 aromatic carbocycles. The van der Waals surface area contributed by atoms with Gasteiger partial charge in [-0.3, -0.25) is 10.1 Å². The monoisotopic (exact) mass is 274 g/mol. The molecule has 7 nitrogen and oxygen atoms in total. The maximum atomic E-state index is 11.0. The van der Waals surface area contributed by atoms with Gasteiger partial charge in [0.15, 0.2) is 0 Å². The van der Waals surface area contributed by atoms with E-state index < -0.39 is 4.92 Å². The van der Waals surface area contributed by atoms with E-state index in [4.69, 9.17) is 4.52 Å². The molecule has 1 aliphatic heterocycles. The standard InChI is InChI=1S/C13H14N4O3/c1-8-9(6-7-14-8)13-15-12(16-20-13)10-4-2-3-5-11(10)17(18)19/h2-5,8-9,14H,6-7H2,1H3. The molecule has 3 rings (SSSR count). The van der Waals surface area contributed by atoms with E-state index in [-0.39, 0.29) is 23.5 Å². The minimum atomic E-state index is -0.439. The summed E-state index contributed by atoms with van der Waals surface area (Å²) >= 11 is 0. The van der Waals surface area contributed by atoms with Gasteiger partial charge in [0.2, 0.25) is 11.7 Å². The number of hydrogen-bond acceptors (Lipinski definition) is 6. The normalized spacial score (nSPS) is 22.1. The molecular weight excluding hydrogens is 260 g/mol. The van der Waals surface area contributed by atoms with Crippen molar-refractivity contribution in [3.8, 4) is 11.4 Å². The average molecular weight is 274 g/mol. The Kier molecular flexibility index (Phi) is 3.19. The molecule has 104 valence electrons. The Balaban J connectivity index is 1.96.